The number of rotatable bonds is 3. The molecule has 0 heterocycles. The molecule has 4 nitrogen and oxygen atoms in total. The Balaban J connectivity index is 2.24. The van der Waals surface area contributed by atoms with Gasteiger partial charge in [-0.25, -0.2) is 17.5 Å². The molecule has 6 heteroatoms. The molecule has 2 rings (SSSR count). The molecule has 1 saturated carbocycles. The van der Waals surface area contributed by atoms with Crippen molar-refractivity contribution in [3.05, 3.63) is 29.6 Å². The molecule has 0 radical (unpaired) electrons. The molecule has 0 spiro atoms. The summed E-state index contributed by atoms with van der Waals surface area (Å²) in [6, 6.07) is 3.58. The van der Waals surface area contributed by atoms with Crippen LogP contribution in [0.4, 0.5) is 4.39 Å². The van der Waals surface area contributed by atoms with Gasteiger partial charge in [0.25, 0.3) is 0 Å². The maximum Gasteiger partial charge on any atom is 0.243 e. The maximum atomic E-state index is 13.8. The highest BCUT2D eigenvalue weighted by Crippen LogP contribution is 2.22. The molecule has 102 valence electrons. The first kappa shape index (κ1) is 14.0. The van der Waals surface area contributed by atoms with Gasteiger partial charge in [-0.3, -0.25) is 0 Å². The summed E-state index contributed by atoms with van der Waals surface area (Å²) in [5.74, 6) is 4.06. The molecule has 0 aliphatic heterocycles. The molecule has 1 aliphatic rings. The van der Waals surface area contributed by atoms with Gasteiger partial charge in [-0.1, -0.05) is 18.3 Å². The summed E-state index contributed by atoms with van der Waals surface area (Å²) in [4.78, 5) is -0.367. The van der Waals surface area contributed by atoms with E-state index in [-0.39, 0.29) is 17.5 Å². The molecule has 0 bridgehead atoms. The highest BCUT2D eigenvalue weighted by atomic mass is 32.2. The Hall–Kier alpha value is -1.42. The summed E-state index contributed by atoms with van der Waals surface area (Å²) >= 11 is 0. The van der Waals surface area contributed by atoms with Gasteiger partial charge in [-0.05, 0) is 31.0 Å². The van der Waals surface area contributed by atoms with Crippen molar-refractivity contribution < 1.29 is 17.9 Å². The normalized spacial score (nSPS) is 15.5. The van der Waals surface area contributed by atoms with Gasteiger partial charge in [0.2, 0.25) is 10.0 Å². The smallest absolute Gasteiger partial charge is 0.243 e. The quantitative estimate of drug-likeness (QED) is 0.813. The Labute approximate surface area is 111 Å². The Morgan fingerprint density at radius 1 is 1.42 bits per heavy atom. The average Bonchev–Trinajstić information content (AvgIpc) is 2.31. The van der Waals surface area contributed by atoms with Crippen molar-refractivity contribution in [2.45, 2.75) is 30.2 Å². The molecule has 0 amide bonds. The summed E-state index contributed by atoms with van der Waals surface area (Å²) in [6.07, 6.45) is 2.58. The van der Waals surface area contributed by atoms with Gasteiger partial charge in [0.1, 0.15) is 17.3 Å². The lowest BCUT2D eigenvalue weighted by molar-refractivity contribution is 0.350. The van der Waals surface area contributed by atoms with Crippen molar-refractivity contribution in [3.63, 3.8) is 0 Å². The van der Waals surface area contributed by atoms with Crippen LogP contribution < -0.4 is 4.72 Å². The molecule has 2 N–H and O–H groups in total. The van der Waals surface area contributed by atoms with Crippen molar-refractivity contribution in [2.24, 2.45) is 0 Å². The van der Waals surface area contributed by atoms with Gasteiger partial charge < -0.3 is 5.11 Å². The van der Waals surface area contributed by atoms with Gasteiger partial charge >= 0.3 is 0 Å². The third-order valence-corrected chi connectivity index (χ3v) is 4.51. The van der Waals surface area contributed by atoms with E-state index in [0.29, 0.717) is 5.56 Å². The van der Waals surface area contributed by atoms with Crippen molar-refractivity contribution in [1.82, 2.24) is 4.72 Å². The van der Waals surface area contributed by atoms with Crippen molar-refractivity contribution in [1.29, 1.82) is 0 Å². The van der Waals surface area contributed by atoms with E-state index in [2.05, 4.69) is 16.6 Å². The van der Waals surface area contributed by atoms with Gasteiger partial charge in [-0.2, -0.15) is 0 Å². The highest BCUT2D eigenvalue weighted by Gasteiger charge is 2.26. The van der Waals surface area contributed by atoms with Crippen LogP contribution in [0.25, 0.3) is 0 Å². The van der Waals surface area contributed by atoms with Gasteiger partial charge in [0, 0.05) is 11.6 Å². The predicted molar refractivity (Wildman–Crippen MR) is 68.3 cm³/mol. The van der Waals surface area contributed by atoms with Crippen LogP contribution in [-0.2, 0) is 10.0 Å². The molecule has 1 fully saturated rings. The lowest BCUT2D eigenvalue weighted by atomic mass is 9.94. The fraction of sp³-hybridized carbons (Fsp3) is 0.385. The molecule has 1 aromatic carbocycles. The minimum Gasteiger partial charge on any atom is -0.384 e. The number of nitrogens with one attached hydrogen (secondary N) is 1. The number of hydrogen-bond donors (Lipinski definition) is 2. The van der Waals surface area contributed by atoms with E-state index in [4.69, 9.17) is 5.11 Å². The van der Waals surface area contributed by atoms with Crippen LogP contribution in [0.1, 0.15) is 24.8 Å². The minimum absolute atomic E-state index is 0.0849. The zero-order chi connectivity index (χ0) is 13.9. The summed E-state index contributed by atoms with van der Waals surface area (Å²) < 4.78 is 40.2. The first-order valence-corrected chi connectivity index (χ1v) is 7.43. The molecule has 0 aromatic heterocycles. The zero-order valence-electron chi connectivity index (χ0n) is 10.2. The fourth-order valence-electron chi connectivity index (χ4n) is 1.75. The summed E-state index contributed by atoms with van der Waals surface area (Å²) in [5, 5.41) is 8.54. The van der Waals surface area contributed by atoms with Crippen molar-refractivity contribution >= 4 is 10.0 Å². The van der Waals surface area contributed by atoms with Gasteiger partial charge in [0.15, 0.2) is 0 Å². The van der Waals surface area contributed by atoms with E-state index in [1.165, 1.54) is 12.1 Å². The average molecular weight is 283 g/mol. The third-order valence-electron chi connectivity index (χ3n) is 2.96. The van der Waals surface area contributed by atoms with Crippen LogP contribution in [0.3, 0.4) is 0 Å². The molecule has 19 heavy (non-hydrogen) atoms. The predicted octanol–water partition coefficient (Wildman–Crippen LogP) is 1.00. The molecule has 1 aromatic rings. The van der Waals surface area contributed by atoms with Crippen LogP contribution >= 0.6 is 0 Å². The second kappa shape index (κ2) is 5.70. The third kappa shape index (κ3) is 3.32. The van der Waals surface area contributed by atoms with E-state index in [1.54, 1.807) is 0 Å². The second-order valence-electron chi connectivity index (χ2n) is 4.35. The van der Waals surface area contributed by atoms with E-state index in [0.717, 1.165) is 25.3 Å². The number of halogens is 1. The molecular weight excluding hydrogens is 269 g/mol. The Morgan fingerprint density at radius 3 is 2.68 bits per heavy atom. The van der Waals surface area contributed by atoms with Crippen molar-refractivity contribution in [3.8, 4) is 11.8 Å². The standard InChI is InChI=1S/C13H14FNO3S/c14-12-9-10(3-2-8-16)6-7-13(12)19(17,18)15-11-4-1-5-11/h6-7,9,11,15-16H,1,4-5,8H2. The minimum atomic E-state index is -3.81. The lowest BCUT2D eigenvalue weighted by Gasteiger charge is -2.26. The van der Waals surface area contributed by atoms with Gasteiger partial charge in [0.05, 0.1) is 0 Å². The van der Waals surface area contributed by atoms with Crippen LogP contribution in [0.2, 0.25) is 0 Å². The monoisotopic (exact) mass is 283 g/mol. The van der Waals surface area contributed by atoms with Crippen LogP contribution in [0.15, 0.2) is 23.1 Å². The number of hydrogen-bond acceptors (Lipinski definition) is 3. The second-order valence-corrected chi connectivity index (χ2v) is 6.04. The van der Waals surface area contributed by atoms with Crippen LogP contribution in [0.5, 0.6) is 0 Å². The topological polar surface area (TPSA) is 66.4 Å². The maximum absolute atomic E-state index is 13.8. The van der Waals surface area contributed by atoms with Crippen LogP contribution in [0, 0.1) is 17.7 Å². The summed E-state index contributed by atoms with van der Waals surface area (Å²) in [5.41, 5.74) is 0.328. The van der Waals surface area contributed by atoms with Crippen molar-refractivity contribution in [2.75, 3.05) is 6.61 Å². The molecule has 0 unspecified atom stereocenters. The number of aliphatic hydroxyl groups excluding tert-OH is 1. The van der Waals surface area contributed by atoms with Gasteiger partial charge in [-0.15, -0.1) is 0 Å². The highest BCUT2D eigenvalue weighted by molar-refractivity contribution is 7.89. The fourth-order valence-corrected chi connectivity index (χ4v) is 3.11. The molecular formula is C13H14FNO3S. The Morgan fingerprint density at radius 2 is 2.16 bits per heavy atom. The summed E-state index contributed by atoms with van der Waals surface area (Å²) in [7, 11) is -3.81. The molecule has 0 saturated heterocycles. The summed E-state index contributed by atoms with van der Waals surface area (Å²) in [6.45, 7) is -0.328. The van der Waals surface area contributed by atoms with E-state index in [9.17, 15) is 12.8 Å². The molecule has 1 aliphatic carbocycles. The van der Waals surface area contributed by atoms with Crippen LogP contribution in [-0.4, -0.2) is 26.2 Å². The number of benzene rings is 1. The SMILES string of the molecule is O=S(=O)(NC1CCC1)c1ccc(C#CCO)cc1F. The largest absolute Gasteiger partial charge is 0.384 e. The van der Waals surface area contributed by atoms with E-state index < -0.39 is 15.8 Å². The zero-order valence-corrected chi connectivity index (χ0v) is 11.0. The Bertz CT molecular complexity index is 627. The molecule has 0 atom stereocenters. The number of aliphatic hydroxyl groups is 1. The van der Waals surface area contributed by atoms with E-state index >= 15 is 0 Å². The Kier molecular flexibility index (Phi) is 4.20. The first-order valence-electron chi connectivity index (χ1n) is 5.94. The van der Waals surface area contributed by atoms with E-state index in [1.807, 2.05) is 0 Å². The lowest BCUT2D eigenvalue weighted by Crippen LogP contribution is -2.39. The first-order chi connectivity index (χ1) is 9.03. The number of sulfonamides is 1.